The van der Waals surface area contributed by atoms with Crippen LogP contribution >= 0.6 is 7.82 Å². The van der Waals surface area contributed by atoms with E-state index in [2.05, 4.69) is 18.4 Å². The second kappa shape index (κ2) is 21.2. The van der Waals surface area contributed by atoms with Gasteiger partial charge in [-0.1, -0.05) is 83.1 Å². The molecule has 0 bridgehead atoms. The Balaban J connectivity index is 2.58. The topological polar surface area (TPSA) is 180 Å². The molecule has 0 spiro atoms. The van der Waals surface area contributed by atoms with Gasteiger partial charge in [-0.05, 0) is 25.2 Å². The van der Waals surface area contributed by atoms with Crippen molar-refractivity contribution in [3.63, 3.8) is 0 Å². The molecule has 0 amide bonds. The number of hydrogen-bond acceptors (Lipinski definition) is 9. The summed E-state index contributed by atoms with van der Waals surface area (Å²) in [4.78, 5) is 42.3. The Morgan fingerprint density at radius 3 is 2.29 bits per heavy atom. The lowest BCUT2D eigenvalue weighted by molar-refractivity contribution is -0.160. The van der Waals surface area contributed by atoms with Crippen molar-refractivity contribution < 1.29 is 53.3 Å². The Kier molecular flexibility index (Phi) is 19.3. The summed E-state index contributed by atoms with van der Waals surface area (Å²) in [6.07, 6.45) is 12.4. The lowest BCUT2D eigenvalue weighted by atomic mass is 9.89. The Morgan fingerprint density at radius 1 is 0.927 bits per heavy atom. The van der Waals surface area contributed by atoms with E-state index in [4.69, 9.17) is 19.3 Å². The highest BCUT2D eigenvalue weighted by Gasteiger charge is 2.39. The maximum absolute atomic E-state index is 12.4. The fourth-order valence-electron chi connectivity index (χ4n) is 4.76. The second-order valence-corrected chi connectivity index (χ2v) is 12.0. The number of carbonyl (C=O) groups excluding carboxylic acids is 2. The maximum Gasteiger partial charge on any atom is 0.469 e. The van der Waals surface area contributed by atoms with Gasteiger partial charge in [-0.3, -0.25) is 14.1 Å². The van der Waals surface area contributed by atoms with Crippen LogP contribution in [-0.2, 0) is 28.2 Å². The number of phosphoric ester groups is 1. The maximum atomic E-state index is 12.4. The van der Waals surface area contributed by atoms with Gasteiger partial charge in [0.15, 0.2) is 6.10 Å². The highest BCUT2D eigenvalue weighted by molar-refractivity contribution is 7.46. The van der Waals surface area contributed by atoms with Crippen molar-refractivity contribution in [2.24, 2.45) is 11.8 Å². The van der Waals surface area contributed by atoms with Gasteiger partial charge in [-0.2, -0.15) is 0 Å². The number of ether oxygens (including phenoxy) is 2. The zero-order valence-electron chi connectivity index (χ0n) is 24.5. The predicted molar refractivity (Wildman–Crippen MR) is 153 cm³/mol. The molecule has 11 nitrogen and oxygen atoms in total. The number of esters is 2. The summed E-state index contributed by atoms with van der Waals surface area (Å²) in [6, 6.07) is 0. The number of rotatable bonds is 22. The minimum Gasteiger partial charge on any atom is -0.462 e. The molecule has 238 valence electrons. The third-order valence-electron chi connectivity index (χ3n) is 7.08. The summed E-state index contributed by atoms with van der Waals surface area (Å²) >= 11 is 0. The molecule has 0 unspecified atom stereocenters. The fraction of sp³-hybridized carbons (Fsp3) is 0.793. The molecule has 1 aliphatic carbocycles. The molecule has 0 aromatic carbocycles. The lowest BCUT2D eigenvalue weighted by Gasteiger charge is -2.20. The zero-order chi connectivity index (χ0) is 30.7. The van der Waals surface area contributed by atoms with Crippen LogP contribution in [0.3, 0.4) is 0 Å². The van der Waals surface area contributed by atoms with Gasteiger partial charge in [0.25, 0.3) is 0 Å². The first-order valence-electron chi connectivity index (χ1n) is 14.9. The van der Waals surface area contributed by atoms with E-state index in [9.17, 15) is 29.5 Å². The molecule has 0 aliphatic heterocycles. The van der Waals surface area contributed by atoms with E-state index in [1.807, 2.05) is 0 Å². The summed E-state index contributed by atoms with van der Waals surface area (Å²) in [6.45, 7) is 3.14. The van der Waals surface area contributed by atoms with Crippen molar-refractivity contribution in [3.8, 4) is 0 Å². The molecule has 0 aromatic rings. The molecule has 1 saturated carbocycles. The molecule has 41 heavy (non-hydrogen) atoms. The minimum atomic E-state index is -4.82. The summed E-state index contributed by atoms with van der Waals surface area (Å²) in [5.41, 5.74) is 0. The summed E-state index contributed by atoms with van der Waals surface area (Å²) in [5, 5.41) is 31.0. The van der Waals surface area contributed by atoms with Gasteiger partial charge in [0, 0.05) is 18.8 Å². The first-order chi connectivity index (χ1) is 19.5. The van der Waals surface area contributed by atoms with Gasteiger partial charge in [-0.25, -0.2) is 4.57 Å². The van der Waals surface area contributed by atoms with Crippen molar-refractivity contribution in [2.45, 2.75) is 122 Å². The average molecular weight is 607 g/mol. The van der Waals surface area contributed by atoms with Crippen molar-refractivity contribution in [3.05, 3.63) is 24.3 Å². The zero-order valence-corrected chi connectivity index (χ0v) is 25.4. The van der Waals surface area contributed by atoms with Crippen LogP contribution in [-0.4, -0.2) is 74.7 Å². The molecular formula is C29H51O11P. The van der Waals surface area contributed by atoms with Crippen LogP contribution < -0.4 is 0 Å². The van der Waals surface area contributed by atoms with Crippen LogP contribution in [0, 0.1) is 11.8 Å². The van der Waals surface area contributed by atoms with Crippen molar-refractivity contribution in [1.29, 1.82) is 0 Å². The van der Waals surface area contributed by atoms with Crippen molar-refractivity contribution in [1.82, 2.24) is 0 Å². The standard InChI is InChI=1S/C29H51O11P/c1-3-5-7-8-10-15-28(33)38-20-23(21-39-41(35,36)37)40-29(34)16-12-11-14-24-25(27(32)19-26(24)31)18-17-22(30)13-9-6-4-2/h11-12,17-18,22-27,30-32H,3-10,13-16,19-21H2,1-2H3,(H2,35,36,37)/b12-11-,18-17+/t22-,23-,24+,25-,26+,27-/m1/s1. The molecule has 0 heterocycles. The van der Waals surface area contributed by atoms with Crippen molar-refractivity contribution in [2.75, 3.05) is 13.2 Å². The molecule has 6 atom stereocenters. The van der Waals surface area contributed by atoms with E-state index in [1.54, 1.807) is 24.3 Å². The summed E-state index contributed by atoms with van der Waals surface area (Å²) in [5.74, 6) is -1.83. The van der Waals surface area contributed by atoms with Crippen molar-refractivity contribution >= 4 is 19.8 Å². The van der Waals surface area contributed by atoms with E-state index in [0.717, 1.165) is 44.9 Å². The summed E-state index contributed by atoms with van der Waals surface area (Å²) in [7, 11) is -4.82. The largest absolute Gasteiger partial charge is 0.469 e. The van der Waals surface area contributed by atoms with Gasteiger partial charge in [0.1, 0.15) is 6.61 Å². The number of allylic oxidation sites excluding steroid dienone is 1. The first-order valence-corrected chi connectivity index (χ1v) is 16.4. The molecule has 12 heteroatoms. The fourth-order valence-corrected chi connectivity index (χ4v) is 5.12. The number of unbranched alkanes of at least 4 members (excludes halogenated alkanes) is 6. The van der Waals surface area contributed by atoms with Crippen LogP contribution in [0.5, 0.6) is 0 Å². The van der Waals surface area contributed by atoms with E-state index in [0.29, 0.717) is 19.3 Å². The third-order valence-corrected chi connectivity index (χ3v) is 7.56. The second-order valence-electron chi connectivity index (χ2n) is 10.7. The molecule has 1 rings (SSSR count). The number of aliphatic hydroxyl groups excluding tert-OH is 3. The Bertz CT molecular complexity index is 841. The van der Waals surface area contributed by atoms with Gasteiger partial charge in [-0.15, -0.1) is 0 Å². The minimum absolute atomic E-state index is 0.167. The molecule has 0 saturated heterocycles. The highest BCUT2D eigenvalue weighted by atomic mass is 31.2. The molecule has 1 fully saturated rings. The van der Waals surface area contributed by atoms with Crippen LogP contribution in [0.25, 0.3) is 0 Å². The van der Waals surface area contributed by atoms with Crippen LogP contribution in [0.15, 0.2) is 24.3 Å². The van der Waals surface area contributed by atoms with E-state index in [-0.39, 0.29) is 31.1 Å². The first kappa shape index (κ1) is 37.4. The average Bonchev–Trinajstić information content (AvgIpc) is 3.17. The Hall–Kier alpha value is -1.59. The van der Waals surface area contributed by atoms with E-state index >= 15 is 0 Å². The predicted octanol–water partition coefficient (Wildman–Crippen LogP) is 4.10. The normalized spacial score (nSPS) is 22.8. The van der Waals surface area contributed by atoms with Crippen LogP contribution in [0.1, 0.15) is 97.3 Å². The number of carbonyl (C=O) groups is 2. The van der Waals surface area contributed by atoms with Gasteiger partial charge in [0.05, 0.1) is 31.3 Å². The molecule has 0 radical (unpaired) electrons. The quantitative estimate of drug-likeness (QED) is 0.0518. The molecule has 5 N–H and O–H groups in total. The molecule has 0 aromatic heterocycles. The van der Waals surface area contributed by atoms with Gasteiger partial charge >= 0.3 is 19.8 Å². The monoisotopic (exact) mass is 606 g/mol. The smallest absolute Gasteiger partial charge is 0.462 e. The number of aliphatic hydroxyl groups is 3. The number of hydrogen-bond donors (Lipinski definition) is 5. The van der Waals surface area contributed by atoms with Gasteiger partial charge in [0.2, 0.25) is 0 Å². The SMILES string of the molecule is CCCCCCCC(=O)OC[C@H](COP(=O)(O)O)OC(=O)C/C=C\C[C@H]1[C@@H](/C=C/[C@H](O)CCCCC)[C@H](O)C[C@@H]1O. The Morgan fingerprint density at radius 2 is 1.61 bits per heavy atom. The highest BCUT2D eigenvalue weighted by Crippen LogP contribution is 2.37. The van der Waals surface area contributed by atoms with Gasteiger partial charge < -0.3 is 34.6 Å². The molecule has 1 aliphatic rings. The van der Waals surface area contributed by atoms with Crippen LogP contribution in [0.4, 0.5) is 0 Å². The Labute approximate surface area is 244 Å². The molecular weight excluding hydrogens is 555 g/mol. The summed E-state index contributed by atoms with van der Waals surface area (Å²) < 4.78 is 25.9. The third kappa shape index (κ3) is 17.9. The van der Waals surface area contributed by atoms with E-state index < -0.39 is 57.4 Å². The lowest BCUT2D eigenvalue weighted by Crippen LogP contribution is -2.29. The van der Waals surface area contributed by atoms with Crippen LogP contribution in [0.2, 0.25) is 0 Å². The number of phosphoric acid groups is 1. The van der Waals surface area contributed by atoms with E-state index in [1.165, 1.54) is 0 Å².